The minimum Gasteiger partial charge on any atom is -0.330 e. The number of nitrogens with zero attached hydrogens (tertiary/aromatic N) is 3. The number of nitrogens with one attached hydrogen (secondary N) is 1. The van der Waals surface area contributed by atoms with E-state index in [0.717, 1.165) is 59.2 Å². The third kappa shape index (κ3) is 9.62. The van der Waals surface area contributed by atoms with E-state index in [1.807, 2.05) is 65.0 Å². The Balaban J connectivity index is 0.00000135. The van der Waals surface area contributed by atoms with Gasteiger partial charge in [-0.2, -0.15) is 9.59 Å². The number of H-pyrrole nitrogens is 1. The Morgan fingerprint density at radius 3 is 2.43 bits per heavy atom. The van der Waals surface area contributed by atoms with Crippen molar-refractivity contribution >= 4 is 5.70 Å². The smallest absolute Gasteiger partial charge is 0.330 e. The van der Waals surface area contributed by atoms with Gasteiger partial charge >= 0.3 is 5.69 Å². The zero-order valence-electron chi connectivity index (χ0n) is 27.1. The average Bonchev–Trinajstić information content (AvgIpc) is 3.34. The van der Waals surface area contributed by atoms with Gasteiger partial charge in [-0.15, -0.1) is 5.10 Å². The van der Waals surface area contributed by atoms with Crippen LogP contribution in [0.2, 0.25) is 0 Å². The molecule has 3 N–H and O–H groups in total. The van der Waals surface area contributed by atoms with E-state index in [2.05, 4.69) is 61.8 Å². The fourth-order valence-corrected chi connectivity index (χ4v) is 4.51. The van der Waals surface area contributed by atoms with Crippen LogP contribution in [-0.4, -0.2) is 21.3 Å². The molecule has 42 heavy (non-hydrogen) atoms. The third-order valence-corrected chi connectivity index (χ3v) is 6.99. The Labute approximate surface area is 252 Å². The molecule has 1 aliphatic rings. The summed E-state index contributed by atoms with van der Waals surface area (Å²) >= 11 is 0. The second kappa shape index (κ2) is 17.9. The van der Waals surface area contributed by atoms with Crippen LogP contribution in [0.3, 0.4) is 0 Å². The van der Waals surface area contributed by atoms with E-state index >= 15 is 0 Å². The molecule has 7 heteroatoms. The van der Waals surface area contributed by atoms with Crippen molar-refractivity contribution in [2.75, 3.05) is 6.54 Å². The van der Waals surface area contributed by atoms with E-state index in [9.17, 15) is 9.70 Å². The first-order valence-corrected chi connectivity index (χ1v) is 14.9. The van der Waals surface area contributed by atoms with Gasteiger partial charge in [-0.25, -0.2) is 4.79 Å². The molecule has 0 amide bonds. The summed E-state index contributed by atoms with van der Waals surface area (Å²) in [6, 6.07) is 5.62. The van der Waals surface area contributed by atoms with E-state index in [0.29, 0.717) is 11.5 Å². The first-order chi connectivity index (χ1) is 20.0. The van der Waals surface area contributed by atoms with Crippen molar-refractivity contribution in [3.8, 4) is 0 Å². The Bertz CT molecular complexity index is 1400. The van der Waals surface area contributed by atoms with Crippen LogP contribution < -0.4 is 11.4 Å². The standard InChI is InChI=1S/C30H36N4O2.C3H9N.C2H6/c1-8-10-21(4)17-24-13-14-26-18-25(23(6)33-36)15-16-27(26)30(7,19-24)28-31-29(35)34(32-28)22(5)12-11-20(3)9-2;1-2-3-4;1-2/h8-12,15-19,23H,5,13-14H2,1-4,6-7H3,(H,31,32,35);2-4H2,1H3;1-2H3/b10-8-,12-11-,20-9-,21-17-;;. The van der Waals surface area contributed by atoms with Gasteiger partial charge in [-0.1, -0.05) is 104 Å². The number of aryl methyl sites for hydroxylation is 1. The Morgan fingerprint density at radius 1 is 1.19 bits per heavy atom. The van der Waals surface area contributed by atoms with Crippen molar-refractivity contribution < 1.29 is 0 Å². The molecule has 2 unspecified atom stereocenters. The summed E-state index contributed by atoms with van der Waals surface area (Å²) < 4.78 is 1.31. The molecule has 2 aromatic rings. The first-order valence-electron chi connectivity index (χ1n) is 14.9. The fourth-order valence-electron chi connectivity index (χ4n) is 4.51. The van der Waals surface area contributed by atoms with Crippen LogP contribution in [0, 0.1) is 4.91 Å². The van der Waals surface area contributed by atoms with Crippen molar-refractivity contribution in [3.63, 3.8) is 0 Å². The van der Waals surface area contributed by atoms with Crippen LogP contribution in [0.15, 0.2) is 94.0 Å². The van der Waals surface area contributed by atoms with E-state index in [1.54, 1.807) is 13.0 Å². The van der Waals surface area contributed by atoms with Crippen molar-refractivity contribution in [2.24, 2.45) is 10.9 Å². The Kier molecular flexibility index (Phi) is 15.4. The van der Waals surface area contributed by atoms with Gasteiger partial charge in [-0.3, -0.25) is 4.98 Å². The van der Waals surface area contributed by atoms with Gasteiger partial charge in [-0.05, 0) is 90.1 Å². The number of benzene rings is 1. The fraction of sp³-hybridized carbons (Fsp3) is 0.429. The summed E-state index contributed by atoms with van der Waals surface area (Å²) in [6.45, 7) is 22.8. The van der Waals surface area contributed by atoms with Gasteiger partial charge in [0, 0.05) is 0 Å². The molecule has 228 valence electrons. The van der Waals surface area contributed by atoms with E-state index in [1.165, 1.54) is 4.68 Å². The number of aromatic amines is 1. The molecule has 0 bridgehead atoms. The molecular formula is C35H51N5O2. The van der Waals surface area contributed by atoms with Gasteiger partial charge in [0.1, 0.15) is 11.9 Å². The highest BCUT2D eigenvalue weighted by Gasteiger charge is 2.35. The predicted molar refractivity (Wildman–Crippen MR) is 180 cm³/mol. The lowest BCUT2D eigenvalue weighted by molar-refractivity contribution is 0.650. The lowest BCUT2D eigenvalue weighted by Gasteiger charge is -2.26. The summed E-state index contributed by atoms with van der Waals surface area (Å²) in [7, 11) is 0. The lowest BCUT2D eigenvalue weighted by atomic mass is 9.78. The van der Waals surface area contributed by atoms with Crippen LogP contribution in [0.25, 0.3) is 5.70 Å². The summed E-state index contributed by atoms with van der Waals surface area (Å²) in [5, 5.41) is 7.91. The van der Waals surface area contributed by atoms with Gasteiger partial charge < -0.3 is 5.73 Å². The van der Waals surface area contributed by atoms with Crippen molar-refractivity contribution in [1.82, 2.24) is 14.8 Å². The van der Waals surface area contributed by atoms with Crippen LogP contribution in [0.5, 0.6) is 0 Å². The van der Waals surface area contributed by atoms with Crippen LogP contribution in [0.1, 0.15) is 104 Å². The summed E-state index contributed by atoms with van der Waals surface area (Å²) in [5.74, 6) is 0.539. The Hall–Kier alpha value is -3.84. The minimum absolute atomic E-state index is 0.337. The number of fused-ring (bicyclic) bond motifs is 1. The molecule has 0 spiro atoms. The zero-order valence-corrected chi connectivity index (χ0v) is 27.1. The molecule has 1 aromatic heterocycles. The number of hydrogen-bond donors (Lipinski definition) is 2. The molecule has 0 saturated heterocycles. The molecule has 1 aliphatic carbocycles. The molecule has 1 aromatic carbocycles. The monoisotopic (exact) mass is 573 g/mol. The van der Waals surface area contributed by atoms with E-state index in [-0.39, 0.29) is 5.69 Å². The largest absolute Gasteiger partial charge is 0.348 e. The number of rotatable bonds is 9. The summed E-state index contributed by atoms with van der Waals surface area (Å²) in [4.78, 5) is 27.1. The highest BCUT2D eigenvalue weighted by Crippen LogP contribution is 2.39. The maximum absolute atomic E-state index is 13.0. The lowest BCUT2D eigenvalue weighted by Crippen LogP contribution is -2.25. The molecular weight excluding hydrogens is 522 g/mol. The minimum atomic E-state index is -0.697. The summed E-state index contributed by atoms with van der Waals surface area (Å²) in [5.41, 5.74) is 10.9. The number of allylic oxidation sites excluding steroid dienone is 11. The quantitative estimate of drug-likeness (QED) is 0.232. The van der Waals surface area contributed by atoms with Crippen LogP contribution >= 0.6 is 0 Å². The number of aromatic nitrogens is 3. The summed E-state index contributed by atoms with van der Waals surface area (Å²) in [6.07, 6.45) is 16.9. The molecule has 2 atom stereocenters. The van der Waals surface area contributed by atoms with Crippen LogP contribution in [-0.2, 0) is 11.8 Å². The molecule has 0 radical (unpaired) electrons. The van der Waals surface area contributed by atoms with Crippen molar-refractivity contribution in [1.29, 1.82) is 0 Å². The first kappa shape index (κ1) is 36.2. The third-order valence-electron chi connectivity index (χ3n) is 6.99. The molecule has 1 heterocycles. The second-order valence-electron chi connectivity index (χ2n) is 10.3. The average molecular weight is 574 g/mol. The van der Waals surface area contributed by atoms with Crippen molar-refractivity contribution in [2.45, 2.75) is 93.0 Å². The zero-order chi connectivity index (χ0) is 31.9. The highest BCUT2D eigenvalue weighted by molar-refractivity contribution is 5.55. The predicted octanol–water partition coefficient (Wildman–Crippen LogP) is 8.47. The van der Waals surface area contributed by atoms with Gasteiger partial charge in [0.15, 0.2) is 0 Å². The maximum Gasteiger partial charge on any atom is 0.348 e. The normalized spacial score (nSPS) is 17.8. The van der Waals surface area contributed by atoms with Gasteiger partial charge in [0.05, 0.1) is 11.1 Å². The van der Waals surface area contributed by atoms with Crippen LogP contribution in [0.4, 0.5) is 0 Å². The van der Waals surface area contributed by atoms with E-state index < -0.39 is 11.5 Å². The molecule has 0 aliphatic heterocycles. The number of nitrogens with two attached hydrogens (primary N) is 1. The highest BCUT2D eigenvalue weighted by atomic mass is 16.3. The second-order valence-corrected chi connectivity index (χ2v) is 10.3. The molecule has 0 saturated carbocycles. The molecule has 3 rings (SSSR count). The molecule has 0 fully saturated rings. The SMILES string of the molecule is C=C(/C=C\C(C)=C/C)n1nc(C2(C)C=C(/C=C(C)\C=C/C)CCc3cc(C(C)N=O)ccc32)[nH]c1=O.CC.CCCN. The van der Waals surface area contributed by atoms with E-state index in [4.69, 9.17) is 10.8 Å². The number of nitroso groups, excluding NO2 is 1. The van der Waals surface area contributed by atoms with Crippen molar-refractivity contribution in [3.05, 3.63) is 122 Å². The topological polar surface area (TPSA) is 106 Å². The van der Waals surface area contributed by atoms with Gasteiger partial charge in [0.2, 0.25) is 0 Å². The van der Waals surface area contributed by atoms with Gasteiger partial charge in [0.25, 0.3) is 0 Å². The maximum atomic E-state index is 13.0. The molecule has 7 nitrogen and oxygen atoms in total. The number of hydrogen-bond acceptors (Lipinski definition) is 5. The Morgan fingerprint density at radius 2 is 1.86 bits per heavy atom.